The standard InChI is InChI=1S/C22H22FN5O/c1-15-24-20(14-21(25-15)27-19-7-3-2-6-18(19)23)22(29)26-16-8-10-17(11-9-16)28-12-4-5-13-28/h2-3,6-11,14H,4-5,12-13H2,1H3,(H,26,29)(H,24,25,27). The maximum atomic E-state index is 13.9. The summed E-state index contributed by atoms with van der Waals surface area (Å²) in [7, 11) is 0. The third-order valence-corrected chi connectivity index (χ3v) is 4.80. The third kappa shape index (κ3) is 4.51. The van der Waals surface area contributed by atoms with Crippen LogP contribution in [0.5, 0.6) is 0 Å². The quantitative estimate of drug-likeness (QED) is 0.669. The van der Waals surface area contributed by atoms with E-state index in [1.54, 1.807) is 25.1 Å². The zero-order chi connectivity index (χ0) is 20.2. The van der Waals surface area contributed by atoms with Gasteiger partial charge in [0.25, 0.3) is 5.91 Å². The number of rotatable bonds is 5. The van der Waals surface area contributed by atoms with Crippen LogP contribution in [0.15, 0.2) is 54.6 Å². The van der Waals surface area contributed by atoms with Crippen LogP contribution in [0.1, 0.15) is 29.2 Å². The SMILES string of the molecule is Cc1nc(Nc2ccccc2F)cc(C(=O)Nc2ccc(N3CCCC3)cc2)n1. The van der Waals surface area contributed by atoms with Crippen LogP contribution in [0, 0.1) is 12.7 Å². The highest BCUT2D eigenvalue weighted by atomic mass is 19.1. The Morgan fingerprint density at radius 1 is 1.03 bits per heavy atom. The van der Waals surface area contributed by atoms with E-state index in [1.807, 2.05) is 24.3 Å². The van der Waals surface area contributed by atoms with E-state index in [0.29, 0.717) is 17.3 Å². The van der Waals surface area contributed by atoms with Gasteiger partial charge in [0.2, 0.25) is 0 Å². The monoisotopic (exact) mass is 391 g/mol. The molecule has 0 saturated carbocycles. The summed E-state index contributed by atoms with van der Waals surface area (Å²) in [6, 6.07) is 15.6. The molecule has 0 unspecified atom stereocenters. The van der Waals surface area contributed by atoms with E-state index in [2.05, 4.69) is 25.5 Å². The highest BCUT2D eigenvalue weighted by Crippen LogP contribution is 2.23. The number of anilines is 4. The van der Waals surface area contributed by atoms with Crippen molar-refractivity contribution in [3.8, 4) is 0 Å². The second kappa shape index (κ2) is 8.26. The van der Waals surface area contributed by atoms with E-state index in [4.69, 9.17) is 0 Å². The summed E-state index contributed by atoms with van der Waals surface area (Å²) in [5, 5.41) is 5.76. The van der Waals surface area contributed by atoms with Gasteiger partial charge in [-0.25, -0.2) is 14.4 Å². The Bertz CT molecular complexity index is 1020. The number of aryl methyl sites for hydroxylation is 1. The second-order valence-electron chi connectivity index (χ2n) is 6.99. The molecule has 0 aliphatic carbocycles. The van der Waals surface area contributed by atoms with E-state index >= 15 is 0 Å². The summed E-state index contributed by atoms with van der Waals surface area (Å²) in [6.45, 7) is 3.83. The van der Waals surface area contributed by atoms with Crippen molar-refractivity contribution in [1.82, 2.24) is 9.97 Å². The van der Waals surface area contributed by atoms with Gasteiger partial charge in [0, 0.05) is 30.5 Å². The molecule has 1 aromatic heterocycles. The number of nitrogens with zero attached hydrogens (tertiary/aromatic N) is 3. The molecule has 2 aromatic carbocycles. The number of hydrogen-bond acceptors (Lipinski definition) is 5. The van der Waals surface area contributed by atoms with Crippen LogP contribution in [-0.2, 0) is 0 Å². The molecule has 2 heterocycles. The lowest BCUT2D eigenvalue weighted by atomic mass is 10.2. The summed E-state index contributed by atoms with van der Waals surface area (Å²) in [5.74, 6) is 0.0341. The molecule has 0 bridgehead atoms. The smallest absolute Gasteiger partial charge is 0.274 e. The molecule has 1 aliphatic rings. The Morgan fingerprint density at radius 2 is 1.76 bits per heavy atom. The zero-order valence-corrected chi connectivity index (χ0v) is 16.2. The van der Waals surface area contributed by atoms with E-state index in [1.165, 1.54) is 25.0 Å². The maximum Gasteiger partial charge on any atom is 0.274 e. The first-order chi connectivity index (χ1) is 14.1. The molecule has 1 fully saturated rings. The highest BCUT2D eigenvalue weighted by molar-refractivity contribution is 6.03. The topological polar surface area (TPSA) is 70.2 Å². The number of amides is 1. The Hall–Kier alpha value is -3.48. The predicted molar refractivity (Wildman–Crippen MR) is 112 cm³/mol. The van der Waals surface area contributed by atoms with Crippen molar-refractivity contribution in [2.75, 3.05) is 28.6 Å². The minimum Gasteiger partial charge on any atom is -0.372 e. The number of hydrogen-bond donors (Lipinski definition) is 2. The fourth-order valence-electron chi connectivity index (χ4n) is 3.37. The average molecular weight is 391 g/mol. The Kier molecular flexibility index (Phi) is 5.37. The summed E-state index contributed by atoms with van der Waals surface area (Å²) in [4.78, 5) is 23.4. The summed E-state index contributed by atoms with van der Waals surface area (Å²) >= 11 is 0. The number of para-hydroxylation sites is 1. The molecule has 6 nitrogen and oxygen atoms in total. The molecule has 148 valence electrons. The first-order valence-electron chi connectivity index (χ1n) is 9.62. The van der Waals surface area contributed by atoms with Crippen LogP contribution in [0.3, 0.4) is 0 Å². The largest absolute Gasteiger partial charge is 0.372 e. The van der Waals surface area contributed by atoms with Gasteiger partial charge in [0.15, 0.2) is 0 Å². The van der Waals surface area contributed by atoms with Crippen molar-refractivity contribution in [3.05, 3.63) is 71.9 Å². The van der Waals surface area contributed by atoms with Crippen LogP contribution in [0.4, 0.5) is 27.3 Å². The van der Waals surface area contributed by atoms with Gasteiger partial charge in [-0.2, -0.15) is 0 Å². The lowest BCUT2D eigenvalue weighted by Gasteiger charge is -2.17. The van der Waals surface area contributed by atoms with Gasteiger partial charge >= 0.3 is 0 Å². The highest BCUT2D eigenvalue weighted by Gasteiger charge is 2.14. The van der Waals surface area contributed by atoms with Crippen molar-refractivity contribution in [3.63, 3.8) is 0 Å². The van der Waals surface area contributed by atoms with E-state index < -0.39 is 5.82 Å². The predicted octanol–water partition coefficient (Wildman–Crippen LogP) is 4.52. The minimum absolute atomic E-state index is 0.208. The van der Waals surface area contributed by atoms with Crippen LogP contribution in [0.25, 0.3) is 0 Å². The molecule has 1 amide bonds. The number of benzene rings is 2. The maximum absolute atomic E-state index is 13.9. The molecule has 0 atom stereocenters. The normalized spacial score (nSPS) is 13.4. The number of carbonyl (C=O) groups excluding carboxylic acids is 1. The molecule has 7 heteroatoms. The first-order valence-corrected chi connectivity index (χ1v) is 9.62. The number of carbonyl (C=O) groups is 1. The Labute approximate surface area is 168 Å². The summed E-state index contributed by atoms with van der Waals surface area (Å²) in [6.07, 6.45) is 2.43. The second-order valence-corrected chi connectivity index (χ2v) is 6.99. The third-order valence-electron chi connectivity index (χ3n) is 4.80. The Balaban J connectivity index is 1.48. The molecular formula is C22H22FN5O. The summed E-state index contributed by atoms with van der Waals surface area (Å²) in [5.41, 5.74) is 2.35. The fraction of sp³-hybridized carbons (Fsp3) is 0.227. The van der Waals surface area contributed by atoms with E-state index in [0.717, 1.165) is 18.8 Å². The van der Waals surface area contributed by atoms with Crippen LogP contribution in [-0.4, -0.2) is 29.0 Å². The van der Waals surface area contributed by atoms with Gasteiger partial charge in [-0.15, -0.1) is 0 Å². The molecule has 29 heavy (non-hydrogen) atoms. The lowest BCUT2D eigenvalue weighted by molar-refractivity contribution is 0.102. The number of aromatic nitrogens is 2. The minimum atomic E-state index is -0.396. The molecule has 2 N–H and O–H groups in total. The van der Waals surface area contributed by atoms with E-state index in [9.17, 15) is 9.18 Å². The number of halogens is 1. The molecule has 1 aliphatic heterocycles. The van der Waals surface area contributed by atoms with Gasteiger partial charge in [0.05, 0.1) is 5.69 Å². The van der Waals surface area contributed by atoms with Crippen molar-refractivity contribution < 1.29 is 9.18 Å². The Morgan fingerprint density at radius 3 is 2.48 bits per heavy atom. The van der Waals surface area contributed by atoms with Crippen LogP contribution >= 0.6 is 0 Å². The summed E-state index contributed by atoms with van der Waals surface area (Å²) < 4.78 is 13.9. The first kappa shape index (κ1) is 18.9. The van der Waals surface area contributed by atoms with Gasteiger partial charge < -0.3 is 15.5 Å². The van der Waals surface area contributed by atoms with Crippen molar-refractivity contribution in [2.45, 2.75) is 19.8 Å². The number of nitrogens with one attached hydrogen (secondary N) is 2. The fourth-order valence-corrected chi connectivity index (χ4v) is 3.37. The molecule has 0 spiro atoms. The van der Waals surface area contributed by atoms with Crippen molar-refractivity contribution in [2.24, 2.45) is 0 Å². The van der Waals surface area contributed by atoms with Gasteiger partial charge in [-0.1, -0.05) is 12.1 Å². The zero-order valence-electron chi connectivity index (χ0n) is 16.2. The van der Waals surface area contributed by atoms with Crippen molar-refractivity contribution in [1.29, 1.82) is 0 Å². The molecule has 3 aromatic rings. The van der Waals surface area contributed by atoms with E-state index in [-0.39, 0.29) is 17.3 Å². The molecule has 0 radical (unpaired) electrons. The van der Waals surface area contributed by atoms with Gasteiger partial charge in [0.1, 0.15) is 23.2 Å². The molecule has 4 rings (SSSR count). The average Bonchev–Trinajstić information content (AvgIpc) is 3.25. The molecule has 1 saturated heterocycles. The van der Waals surface area contributed by atoms with Gasteiger partial charge in [-0.05, 0) is 56.2 Å². The molecular weight excluding hydrogens is 369 g/mol. The van der Waals surface area contributed by atoms with Gasteiger partial charge in [-0.3, -0.25) is 4.79 Å². The van der Waals surface area contributed by atoms with Crippen LogP contribution < -0.4 is 15.5 Å². The van der Waals surface area contributed by atoms with Crippen molar-refractivity contribution >= 4 is 28.8 Å². The van der Waals surface area contributed by atoms with Crippen LogP contribution in [0.2, 0.25) is 0 Å². The lowest BCUT2D eigenvalue weighted by Crippen LogP contribution is -2.18.